The summed E-state index contributed by atoms with van der Waals surface area (Å²) < 4.78 is 18.5. The van der Waals surface area contributed by atoms with E-state index in [1.807, 2.05) is 35.7 Å². The highest BCUT2D eigenvalue weighted by Crippen LogP contribution is 2.38. The second-order valence-corrected chi connectivity index (χ2v) is 9.30. The van der Waals surface area contributed by atoms with Crippen LogP contribution in [-0.2, 0) is 22.4 Å². The third-order valence-corrected chi connectivity index (χ3v) is 6.81. The minimum Gasteiger partial charge on any atom is -0.452 e. The number of fused-ring (bicyclic) bond motifs is 2. The molecule has 5 rings (SSSR count). The van der Waals surface area contributed by atoms with Crippen LogP contribution >= 0.6 is 11.3 Å². The van der Waals surface area contributed by atoms with Crippen LogP contribution in [0.25, 0.3) is 22.6 Å². The van der Waals surface area contributed by atoms with E-state index in [0.717, 1.165) is 44.6 Å². The van der Waals surface area contributed by atoms with E-state index in [4.69, 9.17) is 9.72 Å². The van der Waals surface area contributed by atoms with Gasteiger partial charge in [-0.3, -0.25) is 4.79 Å². The second-order valence-electron chi connectivity index (χ2n) is 8.32. The maximum Gasteiger partial charge on any atom is 0.339 e. The molecule has 0 atom stereocenters. The van der Waals surface area contributed by atoms with Crippen molar-refractivity contribution in [3.8, 4) is 0 Å². The molecule has 0 unspecified atom stereocenters. The van der Waals surface area contributed by atoms with Crippen LogP contribution in [0.5, 0.6) is 0 Å². The standard InChI is InChI=1S/C28H23FN2O3S/c29-20-10-7-18(8-11-20)13-14-30-25(32)17-34-28(33)26-22-5-1-2-6-24(22)31-27-19(9-12-23(26)27)16-21-4-3-15-35-21/h1-8,10-11,15-16H,9,12-14,17H2,(H,30,32). The van der Waals surface area contributed by atoms with Crippen molar-refractivity contribution in [2.24, 2.45) is 0 Å². The number of carbonyl (C=O) groups is 2. The van der Waals surface area contributed by atoms with Gasteiger partial charge in [0.25, 0.3) is 5.91 Å². The summed E-state index contributed by atoms with van der Waals surface area (Å²) in [6.45, 7) is -0.00194. The smallest absolute Gasteiger partial charge is 0.339 e. The lowest BCUT2D eigenvalue weighted by molar-refractivity contribution is -0.124. The number of hydrogen-bond acceptors (Lipinski definition) is 5. The molecule has 0 saturated heterocycles. The van der Waals surface area contributed by atoms with Gasteiger partial charge in [-0.1, -0.05) is 36.4 Å². The second kappa shape index (κ2) is 10.2. The number of carbonyl (C=O) groups excluding carboxylic acids is 2. The molecule has 1 aliphatic rings. The van der Waals surface area contributed by atoms with Crippen molar-refractivity contribution in [2.75, 3.05) is 13.2 Å². The Bertz CT molecular complexity index is 1410. The van der Waals surface area contributed by atoms with Crippen LogP contribution in [0.2, 0.25) is 0 Å². The first-order valence-electron chi connectivity index (χ1n) is 11.4. The number of halogens is 1. The van der Waals surface area contributed by atoms with Gasteiger partial charge in [-0.05, 0) is 71.7 Å². The molecule has 4 aromatic rings. The van der Waals surface area contributed by atoms with Gasteiger partial charge in [-0.2, -0.15) is 0 Å². The Hall–Kier alpha value is -3.84. The number of rotatable bonds is 7. The highest BCUT2D eigenvalue weighted by atomic mass is 32.1. The van der Waals surface area contributed by atoms with E-state index in [1.165, 1.54) is 12.1 Å². The first-order chi connectivity index (χ1) is 17.1. The number of hydrogen-bond donors (Lipinski definition) is 1. The summed E-state index contributed by atoms with van der Waals surface area (Å²) in [7, 11) is 0. The molecule has 0 radical (unpaired) electrons. The summed E-state index contributed by atoms with van der Waals surface area (Å²) >= 11 is 1.66. The zero-order valence-electron chi connectivity index (χ0n) is 18.9. The van der Waals surface area contributed by atoms with Crippen molar-refractivity contribution in [1.82, 2.24) is 10.3 Å². The van der Waals surface area contributed by atoms with Gasteiger partial charge in [0, 0.05) is 16.8 Å². The molecule has 0 saturated carbocycles. The number of ether oxygens (including phenoxy) is 1. The van der Waals surface area contributed by atoms with Gasteiger partial charge in [0.05, 0.1) is 16.8 Å². The van der Waals surface area contributed by atoms with Crippen LogP contribution in [0.1, 0.15) is 38.5 Å². The monoisotopic (exact) mass is 486 g/mol. The molecule has 7 heteroatoms. The third-order valence-electron chi connectivity index (χ3n) is 5.99. The van der Waals surface area contributed by atoms with Crippen LogP contribution in [0.3, 0.4) is 0 Å². The highest BCUT2D eigenvalue weighted by Gasteiger charge is 2.28. The SMILES string of the molecule is O=C(COC(=O)c1c2c(nc3ccccc13)C(=Cc1cccs1)CC2)NCCc1ccc(F)cc1. The van der Waals surface area contributed by atoms with E-state index in [1.54, 1.807) is 23.5 Å². The van der Waals surface area contributed by atoms with Gasteiger partial charge in [0.1, 0.15) is 5.82 Å². The number of thiophene rings is 1. The normalized spacial score (nSPS) is 13.7. The summed E-state index contributed by atoms with van der Waals surface area (Å²) in [5, 5.41) is 5.50. The van der Waals surface area contributed by atoms with Crippen LogP contribution in [0.4, 0.5) is 4.39 Å². The molecule has 0 bridgehead atoms. The van der Waals surface area contributed by atoms with E-state index in [0.29, 0.717) is 24.9 Å². The molecule has 2 aromatic carbocycles. The molecular formula is C28H23FN2O3S. The summed E-state index contributed by atoms with van der Waals surface area (Å²) in [6.07, 6.45) is 4.17. The van der Waals surface area contributed by atoms with E-state index in [-0.39, 0.29) is 18.3 Å². The first-order valence-corrected chi connectivity index (χ1v) is 12.3. The van der Waals surface area contributed by atoms with Gasteiger partial charge in [0.15, 0.2) is 6.61 Å². The molecule has 2 aromatic heterocycles. The average molecular weight is 487 g/mol. The predicted octanol–water partition coefficient (Wildman–Crippen LogP) is 5.44. The van der Waals surface area contributed by atoms with Crippen molar-refractivity contribution in [2.45, 2.75) is 19.3 Å². The molecule has 0 aliphatic heterocycles. The molecule has 2 heterocycles. The number of aromatic nitrogens is 1. The number of amides is 1. The fourth-order valence-electron chi connectivity index (χ4n) is 4.31. The van der Waals surface area contributed by atoms with Crippen LogP contribution in [-0.4, -0.2) is 30.0 Å². The molecule has 5 nitrogen and oxygen atoms in total. The Morgan fingerprint density at radius 2 is 1.89 bits per heavy atom. The lowest BCUT2D eigenvalue weighted by Crippen LogP contribution is -2.30. The molecular weight excluding hydrogens is 463 g/mol. The van der Waals surface area contributed by atoms with E-state index in [2.05, 4.69) is 17.5 Å². The average Bonchev–Trinajstić information content (AvgIpc) is 3.53. The van der Waals surface area contributed by atoms with Gasteiger partial charge >= 0.3 is 5.97 Å². The lowest BCUT2D eigenvalue weighted by Gasteiger charge is -2.12. The van der Waals surface area contributed by atoms with Gasteiger partial charge in [-0.15, -0.1) is 11.3 Å². The maximum absolute atomic E-state index is 13.2. The molecule has 35 heavy (non-hydrogen) atoms. The Labute approximate surface area is 206 Å². The van der Waals surface area contributed by atoms with Crippen LogP contribution in [0, 0.1) is 5.82 Å². The third kappa shape index (κ3) is 5.15. The Balaban J connectivity index is 1.30. The fourth-order valence-corrected chi connectivity index (χ4v) is 4.99. The molecule has 176 valence electrons. The highest BCUT2D eigenvalue weighted by molar-refractivity contribution is 7.10. The minimum absolute atomic E-state index is 0.297. The molecule has 0 spiro atoms. The van der Waals surface area contributed by atoms with Crippen molar-refractivity contribution in [3.63, 3.8) is 0 Å². The zero-order chi connectivity index (χ0) is 24.2. The number of para-hydroxylation sites is 1. The summed E-state index contributed by atoms with van der Waals surface area (Å²) in [5.41, 5.74) is 4.91. The maximum atomic E-state index is 13.2. The number of nitrogens with zero attached hydrogens (tertiary/aromatic N) is 1. The van der Waals surface area contributed by atoms with E-state index < -0.39 is 5.97 Å². The molecule has 1 N–H and O–H groups in total. The quantitative estimate of drug-likeness (QED) is 0.353. The molecule has 1 aliphatic carbocycles. The summed E-state index contributed by atoms with van der Waals surface area (Å²) in [4.78, 5) is 31.5. The Morgan fingerprint density at radius 3 is 2.69 bits per heavy atom. The fraction of sp³-hybridized carbons (Fsp3) is 0.179. The van der Waals surface area contributed by atoms with Gasteiger partial charge in [-0.25, -0.2) is 14.2 Å². The molecule has 1 amide bonds. The first kappa shape index (κ1) is 22.9. The molecule has 0 fully saturated rings. The van der Waals surface area contributed by atoms with Crippen molar-refractivity contribution < 1.29 is 18.7 Å². The van der Waals surface area contributed by atoms with Crippen molar-refractivity contribution >= 4 is 45.8 Å². The largest absolute Gasteiger partial charge is 0.452 e. The minimum atomic E-state index is -0.522. The summed E-state index contributed by atoms with van der Waals surface area (Å²) in [6, 6.07) is 17.7. The van der Waals surface area contributed by atoms with E-state index >= 15 is 0 Å². The van der Waals surface area contributed by atoms with Crippen LogP contribution in [0.15, 0.2) is 66.0 Å². The number of nitrogens with one attached hydrogen (secondary N) is 1. The summed E-state index contributed by atoms with van der Waals surface area (Å²) in [5.74, 6) is -1.20. The van der Waals surface area contributed by atoms with Crippen molar-refractivity contribution in [1.29, 1.82) is 0 Å². The predicted molar refractivity (Wildman–Crippen MR) is 136 cm³/mol. The lowest BCUT2D eigenvalue weighted by atomic mass is 10.0. The number of benzene rings is 2. The number of allylic oxidation sites excluding steroid dienone is 1. The van der Waals surface area contributed by atoms with Crippen molar-refractivity contribution in [3.05, 3.63) is 99.1 Å². The number of esters is 1. The zero-order valence-corrected chi connectivity index (χ0v) is 19.7. The van der Waals surface area contributed by atoms with Gasteiger partial charge in [0.2, 0.25) is 0 Å². The Morgan fingerprint density at radius 1 is 1.06 bits per heavy atom. The van der Waals surface area contributed by atoms with Gasteiger partial charge < -0.3 is 10.1 Å². The van der Waals surface area contributed by atoms with Crippen LogP contribution < -0.4 is 5.32 Å². The topological polar surface area (TPSA) is 68.3 Å². The number of pyridine rings is 1. The van der Waals surface area contributed by atoms with E-state index in [9.17, 15) is 14.0 Å². The Kier molecular flexibility index (Phi) is 6.68.